The van der Waals surface area contributed by atoms with Crippen LogP contribution in [0, 0.1) is 10.1 Å². The number of pyridine rings is 1. The first-order chi connectivity index (χ1) is 17.7. The summed E-state index contributed by atoms with van der Waals surface area (Å²) in [4.78, 5) is 22.7. The molecule has 36 heavy (non-hydrogen) atoms. The summed E-state index contributed by atoms with van der Waals surface area (Å²) in [6.07, 6.45) is 5.61. The van der Waals surface area contributed by atoms with Gasteiger partial charge in [-0.1, -0.05) is 24.3 Å². The van der Waals surface area contributed by atoms with Crippen molar-refractivity contribution in [3.05, 3.63) is 94.4 Å². The number of morpholine rings is 1. The zero-order valence-electron chi connectivity index (χ0n) is 19.3. The molecule has 0 saturated carbocycles. The number of hydrogen-bond donors (Lipinski definition) is 0. The standard InChI is InChI=1S/C27H22N6O3/c34-33(35)22-10-6-20(7-11-22)26-24(12-9-21-8-5-19-3-1-2-4-23(19)29-21)30-27-25(13-14-28-32(26)27)31-15-17-36-18-16-31/h1-14H,15-18H2. The number of imidazole rings is 1. The van der Waals surface area contributed by atoms with E-state index in [1.807, 2.05) is 54.6 Å². The predicted octanol–water partition coefficient (Wildman–Crippen LogP) is 4.86. The molecule has 6 rings (SSSR count). The van der Waals surface area contributed by atoms with Crippen molar-refractivity contribution in [2.75, 3.05) is 31.2 Å². The first-order valence-corrected chi connectivity index (χ1v) is 11.7. The second-order valence-electron chi connectivity index (χ2n) is 8.46. The monoisotopic (exact) mass is 478 g/mol. The highest BCUT2D eigenvalue weighted by molar-refractivity contribution is 5.84. The molecule has 0 N–H and O–H groups in total. The van der Waals surface area contributed by atoms with Crippen LogP contribution in [-0.2, 0) is 4.74 Å². The molecule has 9 nitrogen and oxygen atoms in total. The number of para-hydroxylation sites is 1. The fraction of sp³-hybridized carbons (Fsp3) is 0.148. The van der Waals surface area contributed by atoms with Crippen molar-refractivity contribution in [3.8, 4) is 11.3 Å². The highest BCUT2D eigenvalue weighted by Crippen LogP contribution is 2.31. The zero-order chi connectivity index (χ0) is 24.5. The Kier molecular flexibility index (Phi) is 5.59. The van der Waals surface area contributed by atoms with E-state index in [2.05, 4.69) is 10.00 Å². The van der Waals surface area contributed by atoms with Gasteiger partial charge in [-0.25, -0.2) is 14.5 Å². The van der Waals surface area contributed by atoms with Crippen LogP contribution in [0.1, 0.15) is 11.4 Å². The van der Waals surface area contributed by atoms with Crippen molar-refractivity contribution >= 4 is 40.1 Å². The molecule has 1 saturated heterocycles. The van der Waals surface area contributed by atoms with E-state index in [-0.39, 0.29) is 5.69 Å². The first-order valence-electron chi connectivity index (χ1n) is 11.7. The Hall–Kier alpha value is -4.63. The van der Waals surface area contributed by atoms with Gasteiger partial charge in [0.05, 0.1) is 46.9 Å². The van der Waals surface area contributed by atoms with Crippen LogP contribution in [0.5, 0.6) is 0 Å². The summed E-state index contributed by atoms with van der Waals surface area (Å²) in [6.45, 7) is 2.85. The van der Waals surface area contributed by atoms with E-state index in [0.717, 1.165) is 52.3 Å². The van der Waals surface area contributed by atoms with Crippen molar-refractivity contribution in [1.82, 2.24) is 19.6 Å². The predicted molar refractivity (Wildman–Crippen MR) is 139 cm³/mol. The molecule has 1 aliphatic heterocycles. The SMILES string of the molecule is O=[N+]([O-])c1ccc(-c2c(C=Cc3ccc4ccccc4n3)nc3c(N4CCOCC4)ccnn23)cc1. The van der Waals surface area contributed by atoms with Gasteiger partial charge in [0, 0.05) is 36.2 Å². The van der Waals surface area contributed by atoms with E-state index in [0.29, 0.717) is 18.9 Å². The molecule has 0 bridgehead atoms. The highest BCUT2D eigenvalue weighted by Gasteiger charge is 2.21. The number of nitrogens with zero attached hydrogens (tertiary/aromatic N) is 6. The lowest BCUT2D eigenvalue weighted by Crippen LogP contribution is -2.36. The lowest BCUT2D eigenvalue weighted by atomic mass is 10.1. The smallest absolute Gasteiger partial charge is 0.269 e. The van der Waals surface area contributed by atoms with E-state index in [9.17, 15) is 10.1 Å². The minimum atomic E-state index is -0.404. The fourth-order valence-corrected chi connectivity index (χ4v) is 4.47. The number of ether oxygens (including phenoxy) is 1. The number of rotatable bonds is 5. The highest BCUT2D eigenvalue weighted by atomic mass is 16.6. The summed E-state index contributed by atoms with van der Waals surface area (Å²) in [5, 5.41) is 16.9. The maximum absolute atomic E-state index is 11.2. The summed E-state index contributed by atoms with van der Waals surface area (Å²) < 4.78 is 7.33. The van der Waals surface area contributed by atoms with Gasteiger partial charge in [-0.05, 0) is 42.5 Å². The zero-order valence-corrected chi connectivity index (χ0v) is 19.3. The van der Waals surface area contributed by atoms with Gasteiger partial charge in [0.1, 0.15) is 5.69 Å². The third-order valence-electron chi connectivity index (χ3n) is 6.26. The number of hydrogen-bond acceptors (Lipinski definition) is 7. The van der Waals surface area contributed by atoms with E-state index in [1.54, 1.807) is 22.8 Å². The minimum absolute atomic E-state index is 0.0343. The summed E-state index contributed by atoms with van der Waals surface area (Å²) in [5.74, 6) is 0. The normalized spacial score (nSPS) is 14.2. The van der Waals surface area contributed by atoms with Crippen LogP contribution >= 0.6 is 0 Å². The van der Waals surface area contributed by atoms with E-state index in [4.69, 9.17) is 14.7 Å². The molecule has 0 amide bonds. The largest absolute Gasteiger partial charge is 0.378 e. The molecular weight excluding hydrogens is 456 g/mol. The average Bonchev–Trinajstić information content (AvgIpc) is 3.31. The summed E-state index contributed by atoms with van der Waals surface area (Å²) in [6, 6.07) is 20.4. The van der Waals surface area contributed by atoms with Gasteiger partial charge >= 0.3 is 0 Å². The molecule has 0 unspecified atom stereocenters. The number of aromatic nitrogens is 4. The van der Waals surface area contributed by atoms with E-state index >= 15 is 0 Å². The van der Waals surface area contributed by atoms with Gasteiger partial charge in [-0.3, -0.25) is 10.1 Å². The molecule has 9 heteroatoms. The number of nitro benzene ring substituents is 1. The molecule has 2 aromatic carbocycles. The topological polar surface area (TPSA) is 98.7 Å². The Morgan fingerprint density at radius 3 is 2.53 bits per heavy atom. The van der Waals surface area contributed by atoms with Crippen LogP contribution in [0.15, 0.2) is 72.9 Å². The molecular formula is C27H22N6O3. The fourth-order valence-electron chi connectivity index (χ4n) is 4.47. The molecule has 1 aliphatic rings. The van der Waals surface area contributed by atoms with Crippen LogP contribution in [0.25, 0.3) is 40.0 Å². The lowest BCUT2D eigenvalue weighted by molar-refractivity contribution is -0.384. The second-order valence-corrected chi connectivity index (χ2v) is 8.46. The first kappa shape index (κ1) is 21.9. The Labute approximate surface area is 206 Å². The Bertz CT molecular complexity index is 1600. The van der Waals surface area contributed by atoms with Crippen molar-refractivity contribution in [2.24, 2.45) is 0 Å². The molecule has 0 spiro atoms. The third-order valence-corrected chi connectivity index (χ3v) is 6.26. The maximum Gasteiger partial charge on any atom is 0.269 e. The molecule has 0 radical (unpaired) electrons. The van der Waals surface area contributed by atoms with Crippen LogP contribution in [-0.4, -0.2) is 50.8 Å². The van der Waals surface area contributed by atoms with Crippen molar-refractivity contribution in [2.45, 2.75) is 0 Å². The summed E-state index contributed by atoms with van der Waals surface area (Å²) >= 11 is 0. The van der Waals surface area contributed by atoms with Gasteiger partial charge in [0.25, 0.3) is 5.69 Å². The van der Waals surface area contributed by atoms with Crippen LogP contribution in [0.4, 0.5) is 11.4 Å². The average molecular weight is 479 g/mol. The number of non-ortho nitro benzene ring substituents is 1. The second kappa shape index (κ2) is 9.20. The molecule has 1 fully saturated rings. The molecule has 3 aromatic heterocycles. The van der Waals surface area contributed by atoms with Crippen molar-refractivity contribution < 1.29 is 9.66 Å². The van der Waals surface area contributed by atoms with Crippen LogP contribution < -0.4 is 4.90 Å². The molecule has 4 heterocycles. The third kappa shape index (κ3) is 4.05. The van der Waals surface area contributed by atoms with Crippen LogP contribution in [0.2, 0.25) is 0 Å². The number of fused-ring (bicyclic) bond motifs is 2. The van der Waals surface area contributed by atoms with Gasteiger partial charge < -0.3 is 9.64 Å². The van der Waals surface area contributed by atoms with E-state index in [1.165, 1.54) is 12.1 Å². The van der Waals surface area contributed by atoms with Gasteiger partial charge in [-0.15, -0.1) is 0 Å². The molecule has 178 valence electrons. The van der Waals surface area contributed by atoms with Crippen molar-refractivity contribution in [3.63, 3.8) is 0 Å². The summed E-state index contributed by atoms with van der Waals surface area (Å²) in [5.41, 5.74) is 5.69. The van der Waals surface area contributed by atoms with Gasteiger partial charge in [0.15, 0.2) is 5.65 Å². The minimum Gasteiger partial charge on any atom is -0.378 e. The Balaban J connectivity index is 1.48. The van der Waals surface area contributed by atoms with Crippen molar-refractivity contribution in [1.29, 1.82) is 0 Å². The molecule has 0 aliphatic carbocycles. The lowest BCUT2D eigenvalue weighted by Gasteiger charge is -2.28. The number of nitro groups is 1. The Morgan fingerprint density at radius 2 is 1.72 bits per heavy atom. The van der Waals surface area contributed by atoms with E-state index < -0.39 is 4.92 Å². The maximum atomic E-state index is 11.2. The Morgan fingerprint density at radius 1 is 0.917 bits per heavy atom. The quantitative estimate of drug-likeness (QED) is 0.263. The summed E-state index contributed by atoms with van der Waals surface area (Å²) in [7, 11) is 0. The number of benzene rings is 2. The van der Waals surface area contributed by atoms with Gasteiger partial charge in [0.2, 0.25) is 0 Å². The van der Waals surface area contributed by atoms with Gasteiger partial charge in [-0.2, -0.15) is 5.10 Å². The number of anilines is 1. The molecule has 5 aromatic rings. The van der Waals surface area contributed by atoms with Crippen LogP contribution in [0.3, 0.4) is 0 Å². The molecule has 0 atom stereocenters.